The molecule has 0 saturated heterocycles. The fourth-order valence-electron chi connectivity index (χ4n) is 16.4. The Morgan fingerprint density at radius 3 is 0.912 bits per heavy atom. The van der Waals surface area contributed by atoms with Crippen LogP contribution in [0, 0.1) is 13.8 Å². The van der Waals surface area contributed by atoms with E-state index >= 15 is 0 Å². The Kier molecular flexibility index (Phi) is 9.58. The van der Waals surface area contributed by atoms with Crippen LogP contribution in [0.25, 0.3) is 175 Å². The number of rotatable bonds is 8. The van der Waals surface area contributed by atoms with Crippen LogP contribution in [0.3, 0.4) is 0 Å². The minimum absolute atomic E-state index is 0.979. The standard InChI is InChI=1S/C80H58/c1-7-45-41-67(47-21-13-11-14-22-47)49(9-3)79-61-31-19-27-57-53(35-39-65(73(45)79)77(57)61)51-33-37-63-71-44(6)72-64-38-34-52(56-26-18-30-60(76(56)64)70(72)43(5)69(71)59-29-17-25-55(51)75(59)63)54-36-40-66-74-46(8-2)42-68(48-23-15-12-16-24-48)50(10-4)80(74)62-32-20-28-58(54)78(62)66/h11-42H,7-10H2,1-6H3. The Labute approximate surface area is 467 Å². The molecule has 0 aliphatic heterocycles. The van der Waals surface area contributed by atoms with Gasteiger partial charge < -0.3 is 0 Å². The monoisotopic (exact) mass is 1020 g/mol. The quantitative estimate of drug-likeness (QED) is 0.142. The van der Waals surface area contributed by atoms with Gasteiger partial charge >= 0.3 is 0 Å². The molecule has 2 aliphatic carbocycles. The first-order chi connectivity index (χ1) is 39.4. The van der Waals surface area contributed by atoms with E-state index in [1.165, 1.54) is 209 Å². The van der Waals surface area contributed by atoms with Crippen LogP contribution in [0.2, 0.25) is 0 Å². The number of fused-ring (bicyclic) bond motifs is 12. The third-order valence-electron chi connectivity index (χ3n) is 19.6. The molecule has 15 aromatic carbocycles. The summed E-state index contributed by atoms with van der Waals surface area (Å²) in [6.45, 7) is 14.1. The van der Waals surface area contributed by atoms with Gasteiger partial charge in [0.05, 0.1) is 0 Å². The number of hydrogen-bond acceptors (Lipinski definition) is 0. The van der Waals surface area contributed by atoms with Crippen LogP contribution in [0.15, 0.2) is 194 Å². The average Bonchev–Trinajstić information content (AvgIpc) is 3.83. The maximum absolute atomic E-state index is 2.49. The molecule has 0 amide bonds. The molecule has 378 valence electrons. The lowest BCUT2D eigenvalue weighted by molar-refractivity contribution is 1.11. The van der Waals surface area contributed by atoms with E-state index in [1.54, 1.807) is 0 Å². The molecule has 17 rings (SSSR count). The zero-order chi connectivity index (χ0) is 53.4. The molecular weight excluding hydrogens is 961 g/mol. The molecule has 0 unspecified atom stereocenters. The first kappa shape index (κ1) is 45.9. The summed E-state index contributed by atoms with van der Waals surface area (Å²) in [4.78, 5) is 0. The van der Waals surface area contributed by atoms with Crippen molar-refractivity contribution in [2.24, 2.45) is 0 Å². The van der Waals surface area contributed by atoms with E-state index < -0.39 is 0 Å². The molecule has 0 radical (unpaired) electrons. The smallest absolute Gasteiger partial charge is 0.00199 e. The highest BCUT2D eigenvalue weighted by Crippen LogP contribution is 2.58. The summed E-state index contributed by atoms with van der Waals surface area (Å²) in [6, 6.07) is 75.0. The van der Waals surface area contributed by atoms with Crippen LogP contribution in [-0.4, -0.2) is 0 Å². The van der Waals surface area contributed by atoms with E-state index in [-0.39, 0.29) is 0 Å². The first-order valence-electron chi connectivity index (χ1n) is 29.3. The van der Waals surface area contributed by atoms with E-state index in [1.807, 2.05) is 0 Å². The lowest BCUT2D eigenvalue weighted by atomic mass is 9.85. The molecule has 0 N–H and O–H groups in total. The van der Waals surface area contributed by atoms with Crippen molar-refractivity contribution in [3.63, 3.8) is 0 Å². The largest absolute Gasteiger partial charge is 0.0622 e. The molecule has 15 aromatic rings. The summed E-state index contributed by atoms with van der Waals surface area (Å²) in [5, 5.41) is 21.9. The molecule has 0 spiro atoms. The second-order valence-corrected chi connectivity index (χ2v) is 23.1. The molecule has 80 heavy (non-hydrogen) atoms. The lowest BCUT2D eigenvalue weighted by Crippen LogP contribution is -1.97. The molecule has 2 aliphatic rings. The molecule has 0 bridgehead atoms. The SMILES string of the molecule is CCc1cc(-c2ccccc2)c(CC)c2c1-c1ccc(-c3ccc4c5c(C)c6c7ccc(-c8ccc9c%10c(cccc8%10)-c8c(CC)c(-c%10ccccc%10)cc(CC)c8-9)c8cccc(c6c(C)c5c5cccc3c54)c87)c3cccc-2c13. The van der Waals surface area contributed by atoms with E-state index in [0.717, 1.165) is 25.7 Å². The Hall–Kier alpha value is -9.10. The average molecular weight is 1020 g/mol. The van der Waals surface area contributed by atoms with Gasteiger partial charge in [-0.3, -0.25) is 0 Å². The van der Waals surface area contributed by atoms with Crippen molar-refractivity contribution in [3.8, 4) is 89.0 Å². The van der Waals surface area contributed by atoms with Crippen molar-refractivity contribution < 1.29 is 0 Å². The van der Waals surface area contributed by atoms with Crippen molar-refractivity contribution >= 4 is 86.2 Å². The molecule has 0 heterocycles. The molecule has 0 nitrogen and oxygen atoms in total. The van der Waals surface area contributed by atoms with Crippen LogP contribution < -0.4 is 0 Å². The summed E-state index contributed by atoms with van der Waals surface area (Å²) in [5.74, 6) is 0. The number of hydrogen-bond donors (Lipinski definition) is 0. The van der Waals surface area contributed by atoms with Gasteiger partial charge in [-0.25, -0.2) is 0 Å². The molecular formula is C80H58. The van der Waals surface area contributed by atoms with Crippen LogP contribution in [0.5, 0.6) is 0 Å². The first-order valence-corrected chi connectivity index (χ1v) is 29.3. The molecule has 0 fully saturated rings. The predicted octanol–water partition coefficient (Wildman–Crippen LogP) is 22.6. The fourth-order valence-corrected chi connectivity index (χ4v) is 16.4. The fraction of sp³-hybridized carbons (Fsp3) is 0.125. The van der Waals surface area contributed by atoms with Gasteiger partial charge in [0, 0.05) is 0 Å². The minimum Gasteiger partial charge on any atom is -0.0622 e. The van der Waals surface area contributed by atoms with Crippen molar-refractivity contribution in [1.29, 1.82) is 0 Å². The summed E-state index contributed by atoms with van der Waals surface area (Å²) in [5.41, 5.74) is 30.4. The molecule has 0 atom stereocenters. The van der Waals surface area contributed by atoms with Crippen molar-refractivity contribution in [2.75, 3.05) is 0 Å². The molecule has 0 heteroatoms. The highest BCUT2D eigenvalue weighted by atomic mass is 14.4. The third-order valence-corrected chi connectivity index (χ3v) is 19.6. The van der Waals surface area contributed by atoms with E-state index in [2.05, 4.69) is 236 Å². The van der Waals surface area contributed by atoms with Gasteiger partial charge in [-0.05, 0) is 248 Å². The highest BCUT2D eigenvalue weighted by molar-refractivity contribution is 6.41. The topological polar surface area (TPSA) is 0 Å². The van der Waals surface area contributed by atoms with E-state index in [9.17, 15) is 0 Å². The van der Waals surface area contributed by atoms with E-state index in [0.29, 0.717) is 0 Å². The van der Waals surface area contributed by atoms with Crippen molar-refractivity contribution in [3.05, 3.63) is 228 Å². The van der Waals surface area contributed by atoms with Crippen molar-refractivity contribution in [1.82, 2.24) is 0 Å². The van der Waals surface area contributed by atoms with Gasteiger partial charge in [-0.1, -0.05) is 222 Å². The third kappa shape index (κ3) is 5.76. The second kappa shape index (κ2) is 16.7. The van der Waals surface area contributed by atoms with Crippen LogP contribution >= 0.6 is 0 Å². The van der Waals surface area contributed by atoms with Crippen LogP contribution in [-0.2, 0) is 25.7 Å². The van der Waals surface area contributed by atoms with Gasteiger partial charge in [-0.2, -0.15) is 0 Å². The normalized spacial score (nSPS) is 12.6. The van der Waals surface area contributed by atoms with Crippen molar-refractivity contribution in [2.45, 2.75) is 67.2 Å². The Morgan fingerprint density at radius 2 is 0.537 bits per heavy atom. The van der Waals surface area contributed by atoms with Gasteiger partial charge in [0.15, 0.2) is 0 Å². The summed E-state index contributed by atoms with van der Waals surface area (Å²) in [6.07, 6.45) is 3.93. The minimum atomic E-state index is 0.979. The van der Waals surface area contributed by atoms with Crippen LogP contribution in [0.1, 0.15) is 61.1 Å². The van der Waals surface area contributed by atoms with Gasteiger partial charge in [0.2, 0.25) is 0 Å². The van der Waals surface area contributed by atoms with E-state index in [4.69, 9.17) is 0 Å². The highest BCUT2D eigenvalue weighted by Gasteiger charge is 2.32. The zero-order valence-electron chi connectivity index (χ0n) is 46.3. The Morgan fingerprint density at radius 1 is 0.225 bits per heavy atom. The maximum atomic E-state index is 2.49. The molecule has 0 saturated carbocycles. The molecule has 0 aromatic heterocycles. The summed E-state index contributed by atoms with van der Waals surface area (Å²) in [7, 11) is 0. The van der Waals surface area contributed by atoms with Gasteiger partial charge in [0.25, 0.3) is 0 Å². The lowest BCUT2D eigenvalue weighted by Gasteiger charge is -2.18. The number of aryl methyl sites for hydroxylation is 4. The maximum Gasteiger partial charge on any atom is -0.00199 e. The van der Waals surface area contributed by atoms with Gasteiger partial charge in [0.1, 0.15) is 0 Å². The van der Waals surface area contributed by atoms with Gasteiger partial charge in [-0.15, -0.1) is 0 Å². The van der Waals surface area contributed by atoms with Crippen LogP contribution in [0.4, 0.5) is 0 Å². The summed E-state index contributed by atoms with van der Waals surface area (Å²) < 4.78 is 0. The Balaban J connectivity index is 0.844. The predicted molar refractivity (Wildman–Crippen MR) is 346 cm³/mol. The zero-order valence-corrected chi connectivity index (χ0v) is 46.3. The Bertz CT molecular complexity index is 4820. The summed E-state index contributed by atoms with van der Waals surface area (Å²) >= 11 is 0. The number of benzene rings is 13. The second-order valence-electron chi connectivity index (χ2n) is 23.1.